The maximum absolute atomic E-state index is 12.3. The van der Waals surface area contributed by atoms with Crippen LogP contribution in [0.15, 0.2) is 41.3 Å². The van der Waals surface area contributed by atoms with Crippen LogP contribution < -0.4 is 4.72 Å². The summed E-state index contributed by atoms with van der Waals surface area (Å²) in [7, 11) is -3.89. The molecular formula is C13H7I4NO3S. The van der Waals surface area contributed by atoms with Crippen LogP contribution in [-0.2, 0) is 10.0 Å². The van der Waals surface area contributed by atoms with Gasteiger partial charge in [0.2, 0.25) is 0 Å². The summed E-state index contributed by atoms with van der Waals surface area (Å²) in [6.07, 6.45) is 0. The number of carbonyl (C=O) groups excluding carboxylic acids is 1. The summed E-state index contributed by atoms with van der Waals surface area (Å²) in [6, 6.07) is 9.99. The number of halogens is 4. The van der Waals surface area contributed by atoms with E-state index in [1.807, 2.05) is 51.2 Å². The van der Waals surface area contributed by atoms with Gasteiger partial charge < -0.3 is 0 Å². The Morgan fingerprint density at radius 2 is 1.64 bits per heavy atom. The van der Waals surface area contributed by atoms with Crippen molar-refractivity contribution in [1.29, 1.82) is 0 Å². The molecule has 0 fully saturated rings. The molecule has 2 aromatic carbocycles. The van der Waals surface area contributed by atoms with Gasteiger partial charge in [0.15, 0.2) is 0 Å². The zero-order valence-corrected chi connectivity index (χ0v) is 20.1. The molecule has 2 rings (SSSR count). The lowest BCUT2D eigenvalue weighted by molar-refractivity contribution is 0.0980. The Morgan fingerprint density at radius 3 is 2.27 bits per heavy atom. The van der Waals surface area contributed by atoms with Crippen LogP contribution in [0.1, 0.15) is 10.4 Å². The van der Waals surface area contributed by atoms with Crippen LogP contribution in [-0.4, -0.2) is 14.3 Å². The molecular weight excluding hydrogens is 758 g/mol. The fourth-order valence-corrected chi connectivity index (χ4v) is 5.76. The van der Waals surface area contributed by atoms with E-state index in [0.29, 0.717) is 5.56 Å². The van der Waals surface area contributed by atoms with Crippen LogP contribution in [0, 0.1) is 14.3 Å². The second-order valence-corrected chi connectivity index (χ2v) is 10.6. The zero-order valence-electron chi connectivity index (χ0n) is 10.6. The van der Waals surface area contributed by atoms with E-state index >= 15 is 0 Å². The van der Waals surface area contributed by atoms with E-state index in [2.05, 4.69) is 49.9 Å². The molecule has 0 aromatic heterocycles. The summed E-state index contributed by atoms with van der Waals surface area (Å²) in [6.45, 7) is 0. The fraction of sp³-hybridized carbons (Fsp3) is 0. The van der Waals surface area contributed by atoms with Crippen LogP contribution in [0.25, 0.3) is 0 Å². The number of hydrogen-bond acceptors (Lipinski definition) is 3. The van der Waals surface area contributed by atoms with E-state index in [1.54, 1.807) is 18.2 Å². The highest BCUT2D eigenvalue weighted by atomic mass is 127. The average molecular weight is 765 g/mol. The summed E-state index contributed by atoms with van der Waals surface area (Å²) in [4.78, 5) is 12.4. The monoisotopic (exact) mass is 765 g/mol. The van der Waals surface area contributed by atoms with Gasteiger partial charge in [-0.05, 0) is 121 Å². The SMILES string of the molecule is O=C(NS(=O)(=O)c1cccc(I)c1)c1cc(I)cc(I)c1I. The lowest BCUT2D eigenvalue weighted by Gasteiger charge is -2.10. The number of rotatable bonds is 3. The van der Waals surface area contributed by atoms with Gasteiger partial charge in [0.25, 0.3) is 15.9 Å². The van der Waals surface area contributed by atoms with Gasteiger partial charge in [0, 0.05) is 14.3 Å². The standard InChI is InChI=1S/C13H7I4NO3S/c14-7-2-1-3-9(4-7)22(20,21)18-13(19)10-5-8(15)6-11(16)12(10)17/h1-6H,(H,18,19). The topological polar surface area (TPSA) is 63.2 Å². The number of hydrogen-bond donors (Lipinski definition) is 1. The van der Waals surface area contributed by atoms with Gasteiger partial charge >= 0.3 is 0 Å². The maximum Gasteiger partial charge on any atom is 0.266 e. The highest BCUT2D eigenvalue weighted by Crippen LogP contribution is 2.23. The van der Waals surface area contributed by atoms with Gasteiger partial charge in [-0.15, -0.1) is 0 Å². The smallest absolute Gasteiger partial charge is 0.266 e. The molecule has 2 aromatic rings. The summed E-state index contributed by atoms with van der Waals surface area (Å²) < 4.78 is 30.0. The Bertz CT molecular complexity index is 852. The second kappa shape index (κ2) is 7.77. The summed E-state index contributed by atoms with van der Waals surface area (Å²) in [5, 5.41) is 0. The Labute approximate surface area is 182 Å². The Balaban J connectivity index is 2.37. The van der Waals surface area contributed by atoms with Crippen molar-refractivity contribution in [3.8, 4) is 0 Å². The van der Waals surface area contributed by atoms with Crippen molar-refractivity contribution in [2.24, 2.45) is 0 Å². The predicted octanol–water partition coefficient (Wildman–Crippen LogP) is 4.22. The van der Waals surface area contributed by atoms with Gasteiger partial charge in [0.05, 0.1) is 10.5 Å². The van der Waals surface area contributed by atoms with Crippen LogP contribution in [0.4, 0.5) is 0 Å². The van der Waals surface area contributed by atoms with E-state index in [4.69, 9.17) is 0 Å². The average Bonchev–Trinajstić information content (AvgIpc) is 2.42. The molecule has 4 nitrogen and oxygen atoms in total. The maximum atomic E-state index is 12.3. The van der Waals surface area contributed by atoms with Crippen LogP contribution in [0.2, 0.25) is 0 Å². The molecule has 0 saturated heterocycles. The highest BCUT2D eigenvalue weighted by Gasteiger charge is 2.21. The lowest BCUT2D eigenvalue weighted by Crippen LogP contribution is -2.31. The van der Waals surface area contributed by atoms with Crippen molar-refractivity contribution in [3.05, 3.63) is 56.2 Å². The molecule has 1 amide bonds. The van der Waals surface area contributed by atoms with Crippen molar-refractivity contribution < 1.29 is 13.2 Å². The largest absolute Gasteiger partial charge is 0.268 e. The number of amides is 1. The molecule has 0 heterocycles. The van der Waals surface area contributed by atoms with Crippen LogP contribution in [0.5, 0.6) is 0 Å². The summed E-state index contributed by atoms with van der Waals surface area (Å²) in [5.41, 5.74) is 0.353. The quantitative estimate of drug-likeness (QED) is 0.377. The second-order valence-electron chi connectivity index (χ2n) is 4.14. The number of nitrogens with one attached hydrogen (secondary N) is 1. The Kier molecular flexibility index (Phi) is 6.75. The fourth-order valence-electron chi connectivity index (χ4n) is 1.59. The van der Waals surface area contributed by atoms with Gasteiger partial charge in [-0.3, -0.25) is 4.79 Å². The van der Waals surface area contributed by atoms with Gasteiger partial charge in [0.1, 0.15) is 0 Å². The third kappa shape index (κ3) is 4.66. The molecule has 0 aliphatic heterocycles. The molecule has 0 saturated carbocycles. The van der Waals surface area contributed by atoms with Gasteiger partial charge in [-0.2, -0.15) is 0 Å². The first-order valence-electron chi connectivity index (χ1n) is 5.68. The molecule has 1 N–H and O–H groups in total. The number of sulfonamides is 1. The van der Waals surface area contributed by atoms with Gasteiger partial charge in [-0.1, -0.05) is 6.07 Å². The van der Waals surface area contributed by atoms with Crippen LogP contribution in [0.3, 0.4) is 0 Å². The molecule has 0 bridgehead atoms. The Morgan fingerprint density at radius 1 is 0.955 bits per heavy atom. The van der Waals surface area contributed by atoms with Crippen molar-refractivity contribution in [3.63, 3.8) is 0 Å². The Hall–Kier alpha value is 0.780. The van der Waals surface area contributed by atoms with Crippen molar-refractivity contribution in [2.75, 3.05) is 0 Å². The van der Waals surface area contributed by atoms with Crippen molar-refractivity contribution in [1.82, 2.24) is 4.72 Å². The molecule has 22 heavy (non-hydrogen) atoms. The van der Waals surface area contributed by atoms with Crippen molar-refractivity contribution in [2.45, 2.75) is 4.90 Å². The minimum Gasteiger partial charge on any atom is -0.268 e. The third-order valence-corrected chi connectivity index (χ3v) is 8.24. The molecule has 0 unspecified atom stereocenters. The summed E-state index contributed by atoms with van der Waals surface area (Å²) in [5.74, 6) is -0.625. The highest BCUT2D eigenvalue weighted by molar-refractivity contribution is 14.1. The van der Waals surface area contributed by atoms with Crippen molar-refractivity contribution >= 4 is 106 Å². The molecule has 116 valence electrons. The van der Waals surface area contributed by atoms with Gasteiger partial charge in [-0.25, -0.2) is 13.1 Å². The first kappa shape index (κ1) is 19.1. The normalized spacial score (nSPS) is 11.3. The van der Waals surface area contributed by atoms with E-state index in [9.17, 15) is 13.2 Å². The number of carbonyl (C=O) groups is 1. The van der Waals surface area contributed by atoms with E-state index in [1.165, 1.54) is 12.1 Å². The molecule has 0 aliphatic carbocycles. The number of benzene rings is 2. The van der Waals surface area contributed by atoms with E-state index in [-0.39, 0.29) is 4.90 Å². The zero-order chi connectivity index (χ0) is 16.5. The minimum atomic E-state index is -3.89. The third-order valence-electron chi connectivity index (χ3n) is 2.57. The molecule has 0 radical (unpaired) electrons. The van der Waals surface area contributed by atoms with E-state index in [0.717, 1.165) is 14.3 Å². The molecule has 9 heteroatoms. The predicted molar refractivity (Wildman–Crippen MR) is 118 cm³/mol. The summed E-state index contributed by atoms with van der Waals surface area (Å²) >= 11 is 8.28. The minimum absolute atomic E-state index is 0.0723. The molecule has 0 aliphatic rings. The molecule has 0 spiro atoms. The first-order chi connectivity index (χ1) is 10.2. The van der Waals surface area contributed by atoms with Crippen LogP contribution >= 0.6 is 90.4 Å². The van der Waals surface area contributed by atoms with E-state index < -0.39 is 15.9 Å². The molecule has 0 atom stereocenters. The lowest BCUT2D eigenvalue weighted by atomic mass is 10.2. The first-order valence-corrected chi connectivity index (χ1v) is 11.5.